The SMILES string of the molecule is O=CN(Cc1ccc(Cl)cc1)C(=Nc1ccc(Oc2ccccc2)cc1)NC(=O)NCCO. The van der Waals surface area contributed by atoms with Gasteiger partial charge in [0, 0.05) is 11.6 Å². The molecule has 3 amide bonds. The van der Waals surface area contributed by atoms with E-state index in [1.54, 1.807) is 48.5 Å². The van der Waals surface area contributed by atoms with Crippen LogP contribution in [0.5, 0.6) is 11.5 Å². The van der Waals surface area contributed by atoms with Crippen molar-refractivity contribution in [2.45, 2.75) is 6.54 Å². The molecule has 0 heterocycles. The summed E-state index contributed by atoms with van der Waals surface area (Å²) in [5.41, 5.74) is 1.29. The molecule has 170 valence electrons. The number of para-hydroxylation sites is 1. The molecule has 0 radical (unpaired) electrons. The number of rotatable bonds is 8. The van der Waals surface area contributed by atoms with Crippen LogP contribution in [0.3, 0.4) is 0 Å². The highest BCUT2D eigenvalue weighted by molar-refractivity contribution is 6.30. The molecular formula is C24H23ClN4O4. The number of carbonyl (C=O) groups excluding carboxylic acids is 2. The number of nitrogens with zero attached hydrogens (tertiary/aromatic N) is 2. The fourth-order valence-electron chi connectivity index (χ4n) is 2.76. The van der Waals surface area contributed by atoms with Gasteiger partial charge in [0.15, 0.2) is 0 Å². The monoisotopic (exact) mass is 466 g/mol. The topological polar surface area (TPSA) is 103 Å². The van der Waals surface area contributed by atoms with E-state index in [0.29, 0.717) is 28.6 Å². The molecule has 0 atom stereocenters. The van der Waals surface area contributed by atoms with Gasteiger partial charge in [-0.2, -0.15) is 0 Å². The maximum absolute atomic E-state index is 12.2. The molecule has 3 N–H and O–H groups in total. The van der Waals surface area contributed by atoms with E-state index < -0.39 is 6.03 Å². The lowest BCUT2D eigenvalue weighted by molar-refractivity contribution is -0.115. The minimum atomic E-state index is -0.602. The summed E-state index contributed by atoms with van der Waals surface area (Å²) in [7, 11) is 0. The number of nitrogens with one attached hydrogen (secondary N) is 2. The van der Waals surface area contributed by atoms with E-state index in [1.807, 2.05) is 30.3 Å². The van der Waals surface area contributed by atoms with E-state index in [-0.39, 0.29) is 25.7 Å². The van der Waals surface area contributed by atoms with Crippen molar-refractivity contribution in [3.63, 3.8) is 0 Å². The van der Waals surface area contributed by atoms with E-state index in [1.165, 1.54) is 4.90 Å². The minimum absolute atomic E-state index is 0.0205. The second-order valence-corrected chi connectivity index (χ2v) is 7.25. The van der Waals surface area contributed by atoms with Crippen LogP contribution in [0.15, 0.2) is 83.9 Å². The van der Waals surface area contributed by atoms with Crippen LogP contribution in [0.2, 0.25) is 5.02 Å². The number of aliphatic imine (C=N–C) groups is 1. The van der Waals surface area contributed by atoms with Crippen LogP contribution in [0.25, 0.3) is 0 Å². The Bertz CT molecular complexity index is 1070. The second kappa shape index (κ2) is 12.2. The summed E-state index contributed by atoms with van der Waals surface area (Å²) < 4.78 is 5.78. The van der Waals surface area contributed by atoms with Gasteiger partial charge in [-0.05, 0) is 54.1 Å². The largest absolute Gasteiger partial charge is 0.457 e. The van der Waals surface area contributed by atoms with Crippen molar-refractivity contribution in [2.75, 3.05) is 13.2 Å². The Morgan fingerprint density at radius 3 is 2.30 bits per heavy atom. The number of benzene rings is 3. The third-order valence-electron chi connectivity index (χ3n) is 4.34. The number of guanidine groups is 1. The predicted molar refractivity (Wildman–Crippen MR) is 127 cm³/mol. The second-order valence-electron chi connectivity index (χ2n) is 6.81. The first-order valence-electron chi connectivity index (χ1n) is 10.1. The van der Waals surface area contributed by atoms with Gasteiger partial charge in [0.05, 0.1) is 18.8 Å². The van der Waals surface area contributed by atoms with Crippen LogP contribution in [0.1, 0.15) is 5.56 Å². The van der Waals surface area contributed by atoms with Gasteiger partial charge in [-0.3, -0.25) is 15.0 Å². The molecule has 0 saturated carbocycles. The van der Waals surface area contributed by atoms with Crippen molar-refractivity contribution in [1.29, 1.82) is 0 Å². The number of carbonyl (C=O) groups is 2. The molecule has 0 unspecified atom stereocenters. The zero-order valence-corrected chi connectivity index (χ0v) is 18.4. The standard InChI is InChI=1S/C24H23ClN4O4/c25-19-8-6-18(7-9-19)16-29(17-31)23(28-24(32)26-14-15-30)27-20-10-12-22(13-11-20)33-21-4-2-1-3-5-21/h1-13,17,30H,14-16H2,(H2,26,27,28,32). The van der Waals surface area contributed by atoms with E-state index in [2.05, 4.69) is 15.6 Å². The van der Waals surface area contributed by atoms with E-state index in [9.17, 15) is 9.59 Å². The lowest BCUT2D eigenvalue weighted by atomic mass is 10.2. The fraction of sp³-hybridized carbons (Fsp3) is 0.125. The Hall–Kier alpha value is -3.88. The summed E-state index contributed by atoms with van der Waals surface area (Å²) in [6.07, 6.45) is 0.576. The van der Waals surface area contributed by atoms with E-state index in [0.717, 1.165) is 5.56 Å². The van der Waals surface area contributed by atoms with Crippen molar-refractivity contribution >= 4 is 35.7 Å². The predicted octanol–water partition coefficient (Wildman–Crippen LogP) is 4.07. The highest BCUT2D eigenvalue weighted by atomic mass is 35.5. The number of halogens is 1. The summed E-state index contributed by atoms with van der Waals surface area (Å²) in [6.45, 7) is 0.00281. The molecule has 0 aliphatic rings. The number of ether oxygens (including phenoxy) is 1. The lowest BCUT2D eigenvalue weighted by Gasteiger charge is -2.20. The highest BCUT2D eigenvalue weighted by Crippen LogP contribution is 2.24. The average Bonchev–Trinajstić information content (AvgIpc) is 2.84. The van der Waals surface area contributed by atoms with Gasteiger partial charge in [-0.1, -0.05) is 41.9 Å². The molecule has 3 aromatic carbocycles. The third kappa shape index (κ3) is 7.64. The van der Waals surface area contributed by atoms with Gasteiger partial charge in [0.25, 0.3) is 0 Å². The van der Waals surface area contributed by atoms with Gasteiger partial charge in [-0.25, -0.2) is 9.79 Å². The van der Waals surface area contributed by atoms with Crippen LogP contribution >= 0.6 is 11.6 Å². The summed E-state index contributed by atoms with van der Waals surface area (Å²) in [5, 5.41) is 14.5. The molecule has 3 aromatic rings. The number of hydrogen-bond acceptors (Lipinski definition) is 5. The lowest BCUT2D eigenvalue weighted by Crippen LogP contribution is -2.47. The number of urea groups is 1. The van der Waals surface area contributed by atoms with Crippen molar-refractivity contribution in [2.24, 2.45) is 4.99 Å². The van der Waals surface area contributed by atoms with Crippen molar-refractivity contribution in [1.82, 2.24) is 15.5 Å². The van der Waals surface area contributed by atoms with E-state index in [4.69, 9.17) is 21.4 Å². The Labute approximate surface area is 196 Å². The molecule has 9 heteroatoms. The summed E-state index contributed by atoms with van der Waals surface area (Å²) in [4.78, 5) is 29.7. The first-order chi connectivity index (χ1) is 16.1. The molecule has 8 nitrogen and oxygen atoms in total. The molecule has 0 aliphatic heterocycles. The third-order valence-corrected chi connectivity index (χ3v) is 4.59. The fourth-order valence-corrected chi connectivity index (χ4v) is 2.89. The molecule has 33 heavy (non-hydrogen) atoms. The molecule has 0 aromatic heterocycles. The van der Waals surface area contributed by atoms with Crippen LogP contribution in [-0.4, -0.2) is 41.6 Å². The Morgan fingerprint density at radius 1 is 1.00 bits per heavy atom. The van der Waals surface area contributed by atoms with Crippen LogP contribution < -0.4 is 15.4 Å². The van der Waals surface area contributed by atoms with Crippen LogP contribution in [0.4, 0.5) is 10.5 Å². The van der Waals surface area contributed by atoms with Gasteiger partial charge in [0.2, 0.25) is 12.4 Å². The van der Waals surface area contributed by atoms with Crippen LogP contribution in [0, 0.1) is 0 Å². The summed E-state index contributed by atoms with van der Waals surface area (Å²) in [6, 6.07) is 22.6. The molecule has 0 bridgehead atoms. The number of aliphatic hydroxyl groups excluding tert-OH is 1. The van der Waals surface area contributed by atoms with E-state index >= 15 is 0 Å². The van der Waals surface area contributed by atoms with Crippen LogP contribution in [-0.2, 0) is 11.3 Å². The maximum atomic E-state index is 12.2. The van der Waals surface area contributed by atoms with Crippen molar-refractivity contribution in [3.05, 3.63) is 89.4 Å². The number of aliphatic hydroxyl groups is 1. The number of amides is 3. The Balaban J connectivity index is 1.81. The normalized spacial score (nSPS) is 10.9. The van der Waals surface area contributed by atoms with Crippen molar-refractivity contribution in [3.8, 4) is 11.5 Å². The van der Waals surface area contributed by atoms with Gasteiger partial charge in [0.1, 0.15) is 11.5 Å². The Kier molecular flexibility index (Phi) is 8.81. The highest BCUT2D eigenvalue weighted by Gasteiger charge is 2.15. The number of hydrogen-bond donors (Lipinski definition) is 3. The minimum Gasteiger partial charge on any atom is -0.457 e. The zero-order chi connectivity index (χ0) is 23.5. The smallest absolute Gasteiger partial charge is 0.321 e. The molecule has 0 aliphatic carbocycles. The first kappa shape index (κ1) is 23.8. The van der Waals surface area contributed by atoms with Gasteiger partial charge < -0.3 is 15.2 Å². The van der Waals surface area contributed by atoms with Gasteiger partial charge in [-0.15, -0.1) is 0 Å². The summed E-state index contributed by atoms with van der Waals surface area (Å²) in [5.74, 6) is 1.34. The maximum Gasteiger partial charge on any atom is 0.321 e. The van der Waals surface area contributed by atoms with Crippen molar-refractivity contribution < 1.29 is 19.4 Å². The Morgan fingerprint density at radius 2 is 1.67 bits per heavy atom. The molecule has 0 fully saturated rings. The molecule has 0 spiro atoms. The average molecular weight is 467 g/mol. The first-order valence-corrected chi connectivity index (χ1v) is 10.5. The summed E-state index contributed by atoms with van der Waals surface area (Å²) >= 11 is 5.93. The molecular weight excluding hydrogens is 444 g/mol. The quantitative estimate of drug-likeness (QED) is 0.264. The zero-order valence-electron chi connectivity index (χ0n) is 17.6. The molecule has 3 rings (SSSR count). The molecule has 0 saturated heterocycles. The van der Waals surface area contributed by atoms with Gasteiger partial charge >= 0.3 is 6.03 Å².